The van der Waals surface area contributed by atoms with Gasteiger partial charge in [-0.05, 0) is 30.9 Å². The Morgan fingerprint density at radius 2 is 1.92 bits per heavy atom. The van der Waals surface area contributed by atoms with Crippen LogP contribution in [-0.2, 0) is 9.84 Å². The summed E-state index contributed by atoms with van der Waals surface area (Å²) in [4.78, 5) is 12.7. The summed E-state index contributed by atoms with van der Waals surface area (Å²) in [5, 5.41) is 11.7. The van der Waals surface area contributed by atoms with Gasteiger partial charge in [-0.3, -0.25) is 10.1 Å². The zero-order valence-corrected chi connectivity index (χ0v) is 16.0. The highest BCUT2D eigenvalue weighted by atomic mass is 32.2. The van der Waals surface area contributed by atoms with E-state index in [4.69, 9.17) is 4.74 Å². The van der Waals surface area contributed by atoms with Crippen LogP contribution in [0.15, 0.2) is 40.6 Å². The summed E-state index contributed by atoms with van der Waals surface area (Å²) in [5.74, 6) is 1.21. The van der Waals surface area contributed by atoms with E-state index < -0.39 is 14.8 Å². The molecule has 1 fully saturated rings. The Morgan fingerprint density at radius 1 is 1.27 bits per heavy atom. The number of sulfone groups is 1. The Bertz CT molecular complexity index is 872. The lowest BCUT2D eigenvalue weighted by atomic mass is 9.98. The van der Waals surface area contributed by atoms with Gasteiger partial charge in [0.25, 0.3) is 0 Å². The molecule has 0 saturated carbocycles. The zero-order chi connectivity index (χ0) is 18.7. The minimum absolute atomic E-state index is 0.0359. The lowest BCUT2D eigenvalue weighted by molar-refractivity contribution is -0.383. The number of ether oxygens (including phenoxy) is 1. The molecule has 0 N–H and O–H groups in total. The number of benzene rings is 1. The number of anilines is 1. The summed E-state index contributed by atoms with van der Waals surface area (Å²) < 4.78 is 29.3. The monoisotopic (exact) mass is 396 g/mol. The van der Waals surface area contributed by atoms with Crippen molar-refractivity contribution in [1.82, 2.24) is 0 Å². The summed E-state index contributed by atoms with van der Waals surface area (Å²) in [6.07, 6.45) is 2.76. The predicted molar refractivity (Wildman–Crippen MR) is 101 cm³/mol. The van der Waals surface area contributed by atoms with E-state index in [0.29, 0.717) is 30.6 Å². The topological polar surface area (TPSA) is 89.8 Å². The summed E-state index contributed by atoms with van der Waals surface area (Å²) in [6, 6.07) is 10.8. The Hall–Kier alpha value is -2.13. The van der Waals surface area contributed by atoms with Crippen molar-refractivity contribution in [2.24, 2.45) is 5.92 Å². The molecule has 1 aliphatic heterocycles. The lowest BCUT2D eigenvalue weighted by Gasteiger charge is -2.32. The van der Waals surface area contributed by atoms with E-state index in [1.165, 1.54) is 6.07 Å². The van der Waals surface area contributed by atoms with Gasteiger partial charge in [0.15, 0.2) is 14.8 Å². The summed E-state index contributed by atoms with van der Waals surface area (Å²) in [6.45, 7) is 1.90. The van der Waals surface area contributed by atoms with Gasteiger partial charge >= 0.3 is 5.69 Å². The van der Waals surface area contributed by atoms with E-state index in [0.717, 1.165) is 36.2 Å². The molecule has 0 spiro atoms. The first kappa shape index (κ1) is 18.7. The fourth-order valence-electron chi connectivity index (χ4n) is 2.92. The van der Waals surface area contributed by atoms with Crippen LogP contribution in [0.5, 0.6) is 5.75 Å². The van der Waals surface area contributed by atoms with Crippen LogP contribution in [0.2, 0.25) is 0 Å². The molecule has 3 rings (SSSR count). The van der Waals surface area contributed by atoms with E-state index >= 15 is 0 Å². The van der Waals surface area contributed by atoms with Crippen molar-refractivity contribution in [3.63, 3.8) is 0 Å². The first-order valence-electron chi connectivity index (χ1n) is 8.25. The molecule has 1 aromatic carbocycles. The van der Waals surface area contributed by atoms with Gasteiger partial charge in [0, 0.05) is 25.4 Å². The smallest absolute Gasteiger partial charge is 0.305 e. The number of hydrogen-bond acceptors (Lipinski definition) is 7. The third-order valence-electron chi connectivity index (χ3n) is 4.36. The van der Waals surface area contributed by atoms with E-state index in [1.807, 2.05) is 35.2 Å². The zero-order valence-electron chi connectivity index (χ0n) is 14.3. The maximum Gasteiger partial charge on any atom is 0.305 e. The van der Waals surface area contributed by atoms with Crippen molar-refractivity contribution < 1.29 is 18.1 Å². The van der Waals surface area contributed by atoms with E-state index in [9.17, 15) is 18.5 Å². The second kappa shape index (κ2) is 7.63. The summed E-state index contributed by atoms with van der Waals surface area (Å²) >= 11 is 0.978. The van der Waals surface area contributed by atoms with Gasteiger partial charge in [0.2, 0.25) is 0 Å². The maximum atomic E-state index is 11.7. The molecule has 9 heteroatoms. The minimum Gasteiger partial charge on any atom is -0.493 e. The number of nitro groups is 1. The fraction of sp³-hybridized carbons (Fsp3) is 0.412. The van der Waals surface area contributed by atoms with Crippen LogP contribution in [0.3, 0.4) is 0 Å². The van der Waals surface area contributed by atoms with Crippen molar-refractivity contribution in [2.75, 3.05) is 30.9 Å². The molecule has 1 aliphatic rings. The Morgan fingerprint density at radius 3 is 2.50 bits per heavy atom. The number of thiophene rings is 1. The van der Waals surface area contributed by atoms with Gasteiger partial charge in [-0.2, -0.15) is 0 Å². The molecule has 2 heterocycles. The number of hydrogen-bond donors (Lipinski definition) is 0. The number of nitrogens with zero attached hydrogens (tertiary/aromatic N) is 2. The molecule has 140 valence electrons. The quantitative estimate of drug-likeness (QED) is 0.549. The molecule has 0 bridgehead atoms. The van der Waals surface area contributed by atoms with Gasteiger partial charge in [0.05, 0.1) is 11.5 Å². The average molecular weight is 396 g/mol. The van der Waals surface area contributed by atoms with Crippen LogP contribution in [0, 0.1) is 16.0 Å². The van der Waals surface area contributed by atoms with Crippen LogP contribution >= 0.6 is 11.3 Å². The highest BCUT2D eigenvalue weighted by Crippen LogP contribution is 2.41. The molecule has 0 atom stereocenters. The van der Waals surface area contributed by atoms with Crippen LogP contribution in [0.25, 0.3) is 0 Å². The van der Waals surface area contributed by atoms with E-state index in [-0.39, 0.29) is 9.90 Å². The van der Waals surface area contributed by atoms with Crippen molar-refractivity contribution in [3.05, 3.63) is 46.5 Å². The van der Waals surface area contributed by atoms with E-state index in [2.05, 4.69) is 0 Å². The third-order valence-corrected chi connectivity index (χ3v) is 7.35. The number of piperidine rings is 1. The van der Waals surface area contributed by atoms with Gasteiger partial charge in [-0.1, -0.05) is 29.5 Å². The molecule has 0 amide bonds. The second-order valence-corrected chi connectivity index (χ2v) is 9.61. The minimum atomic E-state index is -3.46. The van der Waals surface area contributed by atoms with Crippen LogP contribution < -0.4 is 9.64 Å². The molecule has 1 saturated heterocycles. The van der Waals surface area contributed by atoms with Gasteiger partial charge in [0.1, 0.15) is 9.96 Å². The summed E-state index contributed by atoms with van der Waals surface area (Å²) in [7, 11) is -3.46. The Kier molecular flexibility index (Phi) is 5.47. The number of rotatable bonds is 6. The normalized spacial score (nSPS) is 15.8. The first-order valence-corrected chi connectivity index (χ1v) is 11.0. The molecule has 0 aliphatic carbocycles. The molecule has 26 heavy (non-hydrogen) atoms. The van der Waals surface area contributed by atoms with Gasteiger partial charge in [-0.25, -0.2) is 8.42 Å². The van der Waals surface area contributed by atoms with Crippen molar-refractivity contribution in [3.8, 4) is 5.75 Å². The van der Waals surface area contributed by atoms with Crippen molar-refractivity contribution in [2.45, 2.75) is 17.1 Å². The first-order chi connectivity index (χ1) is 12.3. The van der Waals surface area contributed by atoms with E-state index in [1.54, 1.807) is 0 Å². The van der Waals surface area contributed by atoms with Crippen LogP contribution in [0.4, 0.5) is 10.7 Å². The average Bonchev–Trinajstić information content (AvgIpc) is 3.07. The van der Waals surface area contributed by atoms with Crippen molar-refractivity contribution >= 4 is 31.9 Å². The molecule has 7 nitrogen and oxygen atoms in total. The third kappa shape index (κ3) is 4.34. The number of para-hydroxylation sites is 1. The molecule has 1 aromatic heterocycles. The van der Waals surface area contributed by atoms with Crippen LogP contribution in [0.1, 0.15) is 12.8 Å². The highest BCUT2D eigenvalue weighted by Gasteiger charge is 2.30. The largest absolute Gasteiger partial charge is 0.493 e. The maximum absolute atomic E-state index is 11.7. The Balaban J connectivity index is 1.64. The van der Waals surface area contributed by atoms with Gasteiger partial charge in [-0.15, -0.1) is 0 Å². The SMILES string of the molecule is CS(=O)(=O)c1cc([N+](=O)[O-])c(N2CCC(COc3ccccc3)CC2)s1. The fourth-order valence-corrected chi connectivity index (χ4v) is 5.00. The molecular weight excluding hydrogens is 376 g/mol. The van der Waals surface area contributed by atoms with Gasteiger partial charge < -0.3 is 9.64 Å². The standard InChI is InChI=1S/C17H20N2O5S2/c1-26(22,23)16-11-15(19(20)21)17(25-16)18-9-7-13(8-10-18)12-24-14-5-3-2-4-6-14/h2-6,11,13H,7-10,12H2,1H3. The lowest BCUT2D eigenvalue weighted by Crippen LogP contribution is -2.35. The molecule has 0 radical (unpaired) electrons. The molecular formula is C17H20N2O5S2. The second-order valence-electron chi connectivity index (χ2n) is 6.34. The van der Waals surface area contributed by atoms with Crippen LogP contribution in [-0.4, -0.2) is 39.3 Å². The Labute approximate surface area is 156 Å². The van der Waals surface area contributed by atoms with Crippen molar-refractivity contribution in [1.29, 1.82) is 0 Å². The molecule has 0 unspecified atom stereocenters. The highest BCUT2D eigenvalue weighted by molar-refractivity contribution is 7.92. The molecule has 2 aromatic rings. The predicted octanol–water partition coefficient (Wildman–Crippen LogP) is 3.36. The summed E-state index contributed by atoms with van der Waals surface area (Å²) in [5.41, 5.74) is -0.130.